The molecule has 6 rings (SSSR count). The summed E-state index contributed by atoms with van der Waals surface area (Å²) >= 11 is 1.52. The second-order valence-electron chi connectivity index (χ2n) is 10.9. The number of nitrogens with zero attached hydrogens (tertiary/aromatic N) is 3. The van der Waals surface area contributed by atoms with Crippen LogP contribution >= 0.6 is 11.3 Å². The number of halogens is 1. The van der Waals surface area contributed by atoms with E-state index < -0.39 is 23.5 Å². The van der Waals surface area contributed by atoms with Gasteiger partial charge in [0.15, 0.2) is 11.6 Å². The molecule has 8 nitrogen and oxygen atoms in total. The van der Waals surface area contributed by atoms with E-state index in [1.165, 1.54) is 29.0 Å². The molecule has 3 N–H and O–H groups in total. The van der Waals surface area contributed by atoms with Gasteiger partial charge in [0, 0.05) is 55.6 Å². The van der Waals surface area contributed by atoms with Gasteiger partial charge in [0.1, 0.15) is 11.7 Å². The Hall–Kier alpha value is -4.64. The molecule has 2 amide bonds. The van der Waals surface area contributed by atoms with Crippen molar-refractivity contribution in [3.63, 3.8) is 0 Å². The second kappa shape index (κ2) is 12.9. The van der Waals surface area contributed by atoms with Crippen molar-refractivity contribution in [3.05, 3.63) is 108 Å². The van der Waals surface area contributed by atoms with Gasteiger partial charge < -0.3 is 20.7 Å². The van der Waals surface area contributed by atoms with Crippen LogP contribution in [0.15, 0.2) is 91.1 Å². The minimum Gasteiger partial charge on any atom is -0.453 e. The number of amides is 2. The summed E-state index contributed by atoms with van der Waals surface area (Å²) in [5.74, 6) is -3.22. The molecule has 5 aromatic rings. The fourth-order valence-electron chi connectivity index (χ4n) is 5.25. The fraction of sp³-hybridized carbons (Fsp3) is 0.206. The third kappa shape index (κ3) is 6.62. The average molecular weight is 610 g/mol. The molecule has 1 fully saturated rings. The smallest absolute Gasteiger partial charge is 0.241 e. The topological polar surface area (TPSA) is 101 Å². The average Bonchev–Trinajstić information content (AvgIpc) is 3.46. The van der Waals surface area contributed by atoms with Crippen LogP contribution in [-0.2, 0) is 16.1 Å². The van der Waals surface area contributed by atoms with E-state index in [-0.39, 0.29) is 11.3 Å². The number of hydrogen-bond acceptors (Lipinski definition) is 7. The highest BCUT2D eigenvalue weighted by Crippen LogP contribution is 2.40. The Morgan fingerprint density at radius 2 is 1.73 bits per heavy atom. The number of piperazine rings is 1. The van der Waals surface area contributed by atoms with Crippen LogP contribution in [0.25, 0.3) is 20.7 Å². The first-order valence-electron chi connectivity index (χ1n) is 14.4. The minimum atomic E-state index is -1.38. The number of primary amides is 1. The molecule has 224 valence electrons. The third-order valence-electron chi connectivity index (χ3n) is 7.71. The molecule has 0 radical (unpaired) electrons. The number of hydrogen-bond donors (Lipinski definition) is 2. The van der Waals surface area contributed by atoms with Crippen LogP contribution in [0, 0.1) is 5.82 Å². The summed E-state index contributed by atoms with van der Waals surface area (Å²) in [6, 6.07) is 24.9. The first-order chi connectivity index (χ1) is 21.3. The highest BCUT2D eigenvalue weighted by molar-refractivity contribution is 7.22. The van der Waals surface area contributed by atoms with Crippen molar-refractivity contribution >= 4 is 39.1 Å². The van der Waals surface area contributed by atoms with Crippen molar-refractivity contribution < 1.29 is 18.7 Å². The fourth-order valence-corrected chi connectivity index (χ4v) is 6.33. The highest BCUT2D eigenvalue weighted by Gasteiger charge is 2.28. The van der Waals surface area contributed by atoms with Gasteiger partial charge in [0.05, 0.1) is 10.2 Å². The van der Waals surface area contributed by atoms with Gasteiger partial charge in [-0.15, -0.1) is 11.3 Å². The number of carbonyl (C=O) groups is 2. The number of anilines is 1. The third-order valence-corrected chi connectivity index (χ3v) is 8.90. The molecule has 3 aromatic carbocycles. The lowest BCUT2D eigenvalue weighted by molar-refractivity contribution is -0.127. The number of pyridine rings is 1. The molecule has 1 aliphatic rings. The molecule has 3 heterocycles. The van der Waals surface area contributed by atoms with Gasteiger partial charge >= 0.3 is 0 Å². The normalized spacial score (nSPS) is 14.8. The van der Waals surface area contributed by atoms with Crippen molar-refractivity contribution in [2.24, 2.45) is 5.73 Å². The lowest BCUT2D eigenvalue weighted by Gasteiger charge is -2.32. The van der Waals surface area contributed by atoms with E-state index in [2.05, 4.69) is 51.4 Å². The van der Waals surface area contributed by atoms with Gasteiger partial charge in [-0.1, -0.05) is 48.5 Å². The minimum absolute atomic E-state index is 0.0452. The number of ether oxygens (including phenoxy) is 1. The van der Waals surface area contributed by atoms with E-state index >= 15 is 4.39 Å². The standard InChI is InChI=1S/C34H32FN5O3S/c1-39-15-17-40(18-16-39)21-22-7-9-23(10-8-22)30-20-27-32(44-30)29(13-14-37-27)43-28-12-11-24(19-26(28)35)31(33(36)41)34(42)38-25-5-3-2-4-6-25/h2-14,19-20,31H,15-18,21H2,1H3,(H2,36,41)(H,38,42). The molecule has 0 bridgehead atoms. The van der Waals surface area contributed by atoms with E-state index in [1.54, 1.807) is 42.6 Å². The Kier molecular flexibility index (Phi) is 8.65. The van der Waals surface area contributed by atoms with E-state index in [9.17, 15) is 9.59 Å². The number of nitrogens with one attached hydrogen (secondary N) is 1. The van der Waals surface area contributed by atoms with Crippen LogP contribution in [-0.4, -0.2) is 59.8 Å². The van der Waals surface area contributed by atoms with Gasteiger partial charge in [0.2, 0.25) is 11.8 Å². The summed E-state index contributed by atoms with van der Waals surface area (Å²) in [6.45, 7) is 5.25. The Labute approximate surface area is 258 Å². The van der Waals surface area contributed by atoms with Crippen LogP contribution in [0.4, 0.5) is 10.1 Å². The number of benzene rings is 3. The maximum Gasteiger partial charge on any atom is 0.241 e. The molecule has 1 saturated heterocycles. The summed E-state index contributed by atoms with van der Waals surface area (Å²) in [5.41, 5.74) is 9.26. The molecule has 44 heavy (non-hydrogen) atoms. The van der Waals surface area contributed by atoms with Crippen molar-refractivity contribution in [2.45, 2.75) is 12.5 Å². The Morgan fingerprint density at radius 3 is 2.43 bits per heavy atom. The Balaban J connectivity index is 1.18. The second-order valence-corrected chi connectivity index (χ2v) is 11.9. The van der Waals surface area contributed by atoms with Crippen molar-refractivity contribution in [1.29, 1.82) is 0 Å². The predicted molar refractivity (Wildman–Crippen MR) is 171 cm³/mol. The Morgan fingerprint density at radius 1 is 0.977 bits per heavy atom. The zero-order valence-corrected chi connectivity index (χ0v) is 25.0. The summed E-state index contributed by atoms with van der Waals surface area (Å²) in [6.07, 6.45) is 1.62. The molecule has 2 aromatic heterocycles. The summed E-state index contributed by atoms with van der Waals surface area (Å²) in [5, 5.41) is 2.65. The van der Waals surface area contributed by atoms with E-state index in [0.29, 0.717) is 11.4 Å². The first kappa shape index (κ1) is 29.4. The number of para-hydroxylation sites is 1. The predicted octanol–water partition coefficient (Wildman–Crippen LogP) is 5.85. The SMILES string of the molecule is CN1CCN(Cc2ccc(-c3cc4nccc(Oc5ccc(C(C(N)=O)C(=O)Nc6ccccc6)cc5F)c4s3)cc2)CC1. The molecule has 1 unspecified atom stereocenters. The van der Waals surface area contributed by atoms with Crippen LogP contribution in [0.5, 0.6) is 11.5 Å². The zero-order valence-electron chi connectivity index (χ0n) is 24.2. The Bertz CT molecular complexity index is 1790. The van der Waals surface area contributed by atoms with Gasteiger partial charge in [0.25, 0.3) is 0 Å². The van der Waals surface area contributed by atoms with E-state index in [1.807, 2.05) is 6.07 Å². The number of aromatic nitrogens is 1. The van der Waals surface area contributed by atoms with Gasteiger partial charge in [-0.05, 0) is 54.1 Å². The van der Waals surface area contributed by atoms with Crippen molar-refractivity contribution in [1.82, 2.24) is 14.8 Å². The molecular weight excluding hydrogens is 577 g/mol. The maximum absolute atomic E-state index is 15.3. The largest absolute Gasteiger partial charge is 0.453 e. The number of likely N-dealkylation sites (N-methyl/N-ethyl adjacent to an activating group) is 1. The first-order valence-corrected chi connectivity index (χ1v) is 15.2. The van der Waals surface area contributed by atoms with Crippen LogP contribution < -0.4 is 15.8 Å². The number of nitrogens with two attached hydrogens (primary N) is 1. The molecular formula is C34H32FN5O3S. The van der Waals surface area contributed by atoms with Crippen LogP contribution in [0.1, 0.15) is 17.0 Å². The highest BCUT2D eigenvalue weighted by atomic mass is 32.1. The number of carbonyl (C=O) groups excluding carboxylic acids is 2. The molecule has 1 atom stereocenters. The summed E-state index contributed by atoms with van der Waals surface area (Å²) < 4.78 is 22.1. The number of fused-ring (bicyclic) bond motifs is 1. The van der Waals surface area contributed by atoms with Gasteiger partial charge in [-0.3, -0.25) is 19.5 Å². The van der Waals surface area contributed by atoms with Crippen LogP contribution in [0.2, 0.25) is 0 Å². The molecule has 0 saturated carbocycles. The quantitative estimate of drug-likeness (QED) is 0.204. The lowest BCUT2D eigenvalue weighted by atomic mass is 9.97. The van der Waals surface area contributed by atoms with Gasteiger partial charge in [-0.25, -0.2) is 4.39 Å². The molecule has 0 spiro atoms. The number of thiophene rings is 1. The van der Waals surface area contributed by atoms with Crippen LogP contribution in [0.3, 0.4) is 0 Å². The lowest BCUT2D eigenvalue weighted by Crippen LogP contribution is -2.43. The molecule has 0 aliphatic carbocycles. The zero-order chi connectivity index (χ0) is 30.6. The summed E-state index contributed by atoms with van der Waals surface area (Å²) in [4.78, 5) is 35.4. The molecule has 1 aliphatic heterocycles. The van der Waals surface area contributed by atoms with E-state index in [4.69, 9.17) is 10.5 Å². The van der Waals surface area contributed by atoms with Crippen molar-refractivity contribution in [3.8, 4) is 21.9 Å². The summed E-state index contributed by atoms with van der Waals surface area (Å²) in [7, 11) is 2.16. The van der Waals surface area contributed by atoms with Crippen molar-refractivity contribution in [2.75, 3.05) is 38.5 Å². The maximum atomic E-state index is 15.3. The van der Waals surface area contributed by atoms with Gasteiger partial charge in [-0.2, -0.15) is 0 Å². The van der Waals surface area contributed by atoms with E-state index in [0.717, 1.165) is 59.4 Å². The molecule has 10 heteroatoms. The monoisotopic (exact) mass is 609 g/mol. The number of rotatable bonds is 9.